The third-order valence-corrected chi connectivity index (χ3v) is 6.58. The van der Waals surface area contributed by atoms with Crippen molar-refractivity contribution >= 4 is 6.03 Å². The second-order valence-corrected chi connectivity index (χ2v) is 8.80. The molecule has 9 heteroatoms. The van der Waals surface area contributed by atoms with Crippen molar-refractivity contribution in [1.82, 2.24) is 35.2 Å². The number of aromatic nitrogens is 4. The van der Waals surface area contributed by atoms with Gasteiger partial charge in [0.05, 0.1) is 12.1 Å². The van der Waals surface area contributed by atoms with E-state index in [-0.39, 0.29) is 17.4 Å². The molecule has 2 fully saturated rings. The number of hydrogen-bond donors (Lipinski definition) is 1. The summed E-state index contributed by atoms with van der Waals surface area (Å²) in [5.74, 6) is 0.992. The van der Waals surface area contributed by atoms with Crippen molar-refractivity contribution in [3.8, 4) is 11.5 Å². The van der Waals surface area contributed by atoms with E-state index in [1.165, 1.54) is 5.56 Å². The number of urea groups is 1. The van der Waals surface area contributed by atoms with Crippen molar-refractivity contribution in [3.05, 3.63) is 60.4 Å². The largest absolute Gasteiger partial charge is 0.339 e. The average Bonchev–Trinajstić information content (AvgIpc) is 3.54. The highest BCUT2D eigenvalue weighted by Crippen LogP contribution is 2.48. The predicted molar refractivity (Wildman–Crippen MR) is 118 cm³/mol. The van der Waals surface area contributed by atoms with Gasteiger partial charge in [0, 0.05) is 44.0 Å². The van der Waals surface area contributed by atoms with Crippen LogP contribution in [0.25, 0.3) is 11.5 Å². The molecule has 4 heterocycles. The Kier molecular flexibility index (Phi) is 5.57. The van der Waals surface area contributed by atoms with Gasteiger partial charge in [-0.3, -0.25) is 4.98 Å². The average molecular weight is 434 g/mol. The molecule has 1 aromatic carbocycles. The molecular weight excluding hydrogens is 406 g/mol. The van der Waals surface area contributed by atoms with E-state index in [1.54, 1.807) is 18.6 Å². The molecule has 0 aliphatic carbocycles. The van der Waals surface area contributed by atoms with Gasteiger partial charge in [0.15, 0.2) is 0 Å². The smallest absolute Gasteiger partial charge is 0.317 e. The molecule has 32 heavy (non-hydrogen) atoms. The SMILES string of the molecule is CN1CC[C@]2(C1)CN(C(=O)NCCc1ccccc1)C[C@H]2c1nc(-c2cnccn2)no1. The fourth-order valence-corrected chi connectivity index (χ4v) is 4.95. The van der Waals surface area contributed by atoms with Crippen LogP contribution in [-0.2, 0) is 6.42 Å². The third-order valence-electron chi connectivity index (χ3n) is 6.58. The van der Waals surface area contributed by atoms with Gasteiger partial charge >= 0.3 is 6.03 Å². The summed E-state index contributed by atoms with van der Waals surface area (Å²) in [7, 11) is 2.12. The minimum absolute atomic E-state index is 0.00903. The number of amides is 2. The van der Waals surface area contributed by atoms with Crippen LogP contribution in [0.15, 0.2) is 53.4 Å². The highest BCUT2D eigenvalue weighted by atomic mass is 16.5. The van der Waals surface area contributed by atoms with Gasteiger partial charge < -0.3 is 19.6 Å². The van der Waals surface area contributed by atoms with Crippen molar-refractivity contribution in [2.24, 2.45) is 5.41 Å². The number of rotatable bonds is 5. The molecule has 3 aromatic rings. The number of nitrogens with zero attached hydrogens (tertiary/aromatic N) is 6. The molecule has 1 spiro atoms. The Labute approximate surface area is 186 Å². The van der Waals surface area contributed by atoms with Gasteiger partial charge in [0.25, 0.3) is 0 Å². The Hall–Kier alpha value is -3.33. The summed E-state index contributed by atoms with van der Waals surface area (Å²) in [5, 5.41) is 7.22. The van der Waals surface area contributed by atoms with Crippen molar-refractivity contribution in [2.75, 3.05) is 39.8 Å². The minimum atomic E-state index is -0.0856. The van der Waals surface area contributed by atoms with Crippen LogP contribution >= 0.6 is 0 Å². The number of nitrogens with one attached hydrogen (secondary N) is 1. The van der Waals surface area contributed by atoms with Crippen LogP contribution in [0.4, 0.5) is 4.79 Å². The first kappa shape index (κ1) is 20.6. The number of carbonyl (C=O) groups is 1. The molecule has 2 aliphatic heterocycles. The molecule has 0 unspecified atom stereocenters. The molecule has 1 N–H and O–H groups in total. The molecule has 0 radical (unpaired) electrons. The molecule has 9 nitrogen and oxygen atoms in total. The number of hydrogen-bond acceptors (Lipinski definition) is 7. The predicted octanol–water partition coefficient (Wildman–Crippen LogP) is 2.20. The van der Waals surface area contributed by atoms with E-state index >= 15 is 0 Å². The maximum absolute atomic E-state index is 13.0. The highest BCUT2D eigenvalue weighted by Gasteiger charge is 2.53. The lowest BCUT2D eigenvalue weighted by molar-refractivity contribution is 0.198. The Morgan fingerprint density at radius 2 is 2.12 bits per heavy atom. The van der Waals surface area contributed by atoms with Gasteiger partial charge in [0.1, 0.15) is 5.69 Å². The zero-order valence-corrected chi connectivity index (χ0v) is 18.1. The maximum atomic E-state index is 13.0. The second kappa shape index (κ2) is 8.66. The van der Waals surface area contributed by atoms with Gasteiger partial charge in [-0.15, -0.1) is 0 Å². The molecule has 2 aromatic heterocycles. The fraction of sp³-hybridized carbons (Fsp3) is 0.435. The first-order chi connectivity index (χ1) is 15.6. The summed E-state index contributed by atoms with van der Waals surface area (Å²) >= 11 is 0. The van der Waals surface area contributed by atoms with Crippen LogP contribution in [0.2, 0.25) is 0 Å². The van der Waals surface area contributed by atoms with Gasteiger partial charge in [-0.1, -0.05) is 35.5 Å². The van der Waals surface area contributed by atoms with E-state index in [0.717, 1.165) is 25.9 Å². The molecular formula is C23H27N7O2. The Morgan fingerprint density at radius 3 is 2.88 bits per heavy atom. The topological polar surface area (TPSA) is 100 Å². The summed E-state index contributed by atoms with van der Waals surface area (Å²) < 4.78 is 5.69. The maximum Gasteiger partial charge on any atom is 0.317 e. The van der Waals surface area contributed by atoms with Crippen LogP contribution in [0.1, 0.15) is 23.8 Å². The first-order valence-electron chi connectivity index (χ1n) is 11.0. The van der Waals surface area contributed by atoms with E-state index < -0.39 is 0 Å². The molecule has 2 saturated heterocycles. The van der Waals surface area contributed by atoms with E-state index in [1.807, 2.05) is 23.1 Å². The van der Waals surface area contributed by atoms with E-state index in [2.05, 4.69) is 49.5 Å². The normalized spacial score (nSPS) is 23.2. The zero-order chi connectivity index (χ0) is 22.0. The highest BCUT2D eigenvalue weighted by molar-refractivity contribution is 5.75. The van der Waals surface area contributed by atoms with Gasteiger partial charge in [0.2, 0.25) is 11.7 Å². The number of benzene rings is 1. The molecule has 2 atom stereocenters. The standard InChI is InChI=1S/C23H27N7O2/c1-29-12-8-23(15-29)16-30(22(31)26-9-7-17-5-3-2-4-6-17)14-18(23)21-27-20(28-32-21)19-13-24-10-11-25-19/h2-6,10-11,13,18H,7-9,12,14-16H2,1H3,(H,26,31)/t18-,23-/m0/s1. The fourth-order valence-electron chi connectivity index (χ4n) is 4.95. The summed E-state index contributed by atoms with van der Waals surface area (Å²) in [6, 6.07) is 10.1. The lowest BCUT2D eigenvalue weighted by Gasteiger charge is -2.27. The van der Waals surface area contributed by atoms with Crippen LogP contribution in [-0.4, -0.2) is 75.7 Å². The summed E-state index contributed by atoms with van der Waals surface area (Å²) in [6.07, 6.45) is 6.64. The van der Waals surface area contributed by atoms with Gasteiger partial charge in [-0.05, 0) is 32.0 Å². The van der Waals surface area contributed by atoms with Crippen LogP contribution in [0.5, 0.6) is 0 Å². The molecule has 166 valence electrons. The number of carbonyl (C=O) groups excluding carboxylic acids is 1. The molecule has 0 bridgehead atoms. The first-order valence-corrected chi connectivity index (χ1v) is 11.0. The van der Waals surface area contributed by atoms with Crippen LogP contribution < -0.4 is 5.32 Å². The summed E-state index contributed by atoms with van der Waals surface area (Å²) in [4.78, 5) is 30.2. The van der Waals surface area contributed by atoms with Crippen molar-refractivity contribution in [1.29, 1.82) is 0 Å². The van der Waals surface area contributed by atoms with E-state index in [0.29, 0.717) is 37.0 Å². The third kappa shape index (κ3) is 4.08. The lowest BCUT2D eigenvalue weighted by atomic mass is 9.77. The van der Waals surface area contributed by atoms with Crippen molar-refractivity contribution < 1.29 is 9.32 Å². The summed E-state index contributed by atoms with van der Waals surface area (Å²) in [6.45, 7) is 3.74. The molecule has 2 amide bonds. The minimum Gasteiger partial charge on any atom is -0.339 e. The monoisotopic (exact) mass is 433 g/mol. The quantitative estimate of drug-likeness (QED) is 0.658. The Bertz CT molecular complexity index is 1060. The van der Waals surface area contributed by atoms with E-state index in [9.17, 15) is 4.79 Å². The number of likely N-dealkylation sites (tertiary alicyclic amines) is 2. The Morgan fingerprint density at radius 1 is 1.25 bits per heavy atom. The van der Waals surface area contributed by atoms with Crippen LogP contribution in [0, 0.1) is 5.41 Å². The van der Waals surface area contributed by atoms with Crippen molar-refractivity contribution in [3.63, 3.8) is 0 Å². The summed E-state index contributed by atoms with van der Waals surface area (Å²) in [5.41, 5.74) is 1.70. The molecule has 5 rings (SSSR count). The van der Waals surface area contributed by atoms with Crippen LogP contribution in [0.3, 0.4) is 0 Å². The molecule has 0 saturated carbocycles. The van der Waals surface area contributed by atoms with Gasteiger partial charge in [-0.25, -0.2) is 9.78 Å². The zero-order valence-electron chi connectivity index (χ0n) is 18.1. The Balaban J connectivity index is 1.30. The molecule has 2 aliphatic rings. The lowest BCUT2D eigenvalue weighted by Crippen LogP contribution is -2.41. The second-order valence-electron chi connectivity index (χ2n) is 8.80. The van der Waals surface area contributed by atoms with E-state index in [4.69, 9.17) is 4.52 Å². The van der Waals surface area contributed by atoms with Gasteiger partial charge in [-0.2, -0.15) is 4.98 Å². The van der Waals surface area contributed by atoms with Crippen molar-refractivity contribution in [2.45, 2.75) is 18.8 Å².